The van der Waals surface area contributed by atoms with Gasteiger partial charge in [-0.15, -0.1) is 0 Å². The lowest BCUT2D eigenvalue weighted by Gasteiger charge is -2.09. The number of aliphatic carboxylic acids is 1. The van der Waals surface area contributed by atoms with E-state index in [9.17, 15) is 9.59 Å². The van der Waals surface area contributed by atoms with Crippen LogP contribution in [0, 0.1) is 0 Å². The highest BCUT2D eigenvalue weighted by Crippen LogP contribution is 2.20. The smallest absolute Gasteiger partial charge is 0.307 e. The Morgan fingerprint density at radius 1 is 1.18 bits per heavy atom. The normalized spacial score (nSPS) is 10.0. The molecule has 114 valence electrons. The SMILES string of the molecule is CNc1ccc(C(=O)Nc2cccc(CC(=O)O)c2)cc1N. The zero-order valence-corrected chi connectivity index (χ0v) is 12.1. The fourth-order valence-corrected chi connectivity index (χ4v) is 2.07. The first-order chi connectivity index (χ1) is 10.5. The molecule has 22 heavy (non-hydrogen) atoms. The molecular weight excluding hydrogens is 282 g/mol. The number of amides is 1. The molecule has 0 aromatic heterocycles. The molecule has 0 atom stereocenters. The van der Waals surface area contributed by atoms with Crippen LogP contribution in [0.3, 0.4) is 0 Å². The van der Waals surface area contributed by atoms with Crippen molar-refractivity contribution in [2.45, 2.75) is 6.42 Å². The number of hydrogen-bond acceptors (Lipinski definition) is 4. The van der Waals surface area contributed by atoms with Gasteiger partial charge >= 0.3 is 5.97 Å². The van der Waals surface area contributed by atoms with E-state index in [4.69, 9.17) is 10.8 Å². The highest BCUT2D eigenvalue weighted by atomic mass is 16.4. The zero-order valence-electron chi connectivity index (χ0n) is 12.1. The van der Waals surface area contributed by atoms with Crippen LogP contribution in [0.25, 0.3) is 0 Å². The Hall–Kier alpha value is -3.02. The van der Waals surface area contributed by atoms with Crippen LogP contribution in [0.4, 0.5) is 17.1 Å². The molecule has 0 unspecified atom stereocenters. The number of benzene rings is 2. The molecule has 6 heteroatoms. The third kappa shape index (κ3) is 3.76. The third-order valence-corrected chi connectivity index (χ3v) is 3.12. The van der Waals surface area contributed by atoms with E-state index in [1.807, 2.05) is 0 Å². The number of anilines is 3. The summed E-state index contributed by atoms with van der Waals surface area (Å²) >= 11 is 0. The number of carbonyl (C=O) groups is 2. The van der Waals surface area contributed by atoms with Gasteiger partial charge in [-0.3, -0.25) is 9.59 Å². The minimum Gasteiger partial charge on any atom is -0.481 e. The highest BCUT2D eigenvalue weighted by molar-refractivity contribution is 6.05. The van der Waals surface area contributed by atoms with Crippen LogP contribution < -0.4 is 16.4 Å². The minimum absolute atomic E-state index is 0.0898. The van der Waals surface area contributed by atoms with Gasteiger partial charge in [0.05, 0.1) is 17.8 Å². The number of nitrogen functional groups attached to an aromatic ring is 1. The van der Waals surface area contributed by atoms with Crippen LogP contribution >= 0.6 is 0 Å². The molecular formula is C16H17N3O3. The fourth-order valence-electron chi connectivity index (χ4n) is 2.07. The molecule has 0 bridgehead atoms. The van der Waals surface area contributed by atoms with E-state index in [0.717, 1.165) is 5.69 Å². The van der Waals surface area contributed by atoms with E-state index >= 15 is 0 Å². The van der Waals surface area contributed by atoms with Crippen molar-refractivity contribution in [2.75, 3.05) is 23.4 Å². The van der Waals surface area contributed by atoms with Gasteiger partial charge in [-0.05, 0) is 35.9 Å². The predicted molar refractivity (Wildman–Crippen MR) is 86.1 cm³/mol. The summed E-state index contributed by atoms with van der Waals surface area (Å²) in [5.74, 6) is -1.22. The molecule has 0 radical (unpaired) electrons. The van der Waals surface area contributed by atoms with E-state index < -0.39 is 5.97 Å². The van der Waals surface area contributed by atoms with Gasteiger partial charge < -0.3 is 21.5 Å². The first kappa shape index (κ1) is 15.4. The molecule has 0 aliphatic rings. The summed E-state index contributed by atoms with van der Waals surface area (Å²) in [7, 11) is 1.75. The first-order valence-corrected chi connectivity index (χ1v) is 6.69. The monoisotopic (exact) mass is 299 g/mol. The molecule has 0 saturated heterocycles. The second-order valence-corrected chi connectivity index (χ2v) is 4.78. The largest absolute Gasteiger partial charge is 0.481 e. The van der Waals surface area contributed by atoms with Crippen molar-refractivity contribution in [1.82, 2.24) is 0 Å². The van der Waals surface area contributed by atoms with Crippen molar-refractivity contribution in [3.63, 3.8) is 0 Å². The quantitative estimate of drug-likeness (QED) is 0.633. The Morgan fingerprint density at radius 3 is 2.59 bits per heavy atom. The molecule has 0 aliphatic heterocycles. The lowest BCUT2D eigenvalue weighted by Crippen LogP contribution is -2.13. The van der Waals surface area contributed by atoms with Crippen LogP contribution in [-0.2, 0) is 11.2 Å². The molecule has 0 spiro atoms. The minimum atomic E-state index is -0.918. The molecule has 0 saturated carbocycles. The van der Waals surface area contributed by atoms with Crippen LogP contribution in [0.5, 0.6) is 0 Å². The Kier molecular flexibility index (Phi) is 4.63. The van der Waals surface area contributed by atoms with Gasteiger partial charge in [-0.1, -0.05) is 12.1 Å². The Balaban J connectivity index is 2.15. The predicted octanol–water partition coefficient (Wildman–Crippen LogP) is 2.19. The Morgan fingerprint density at radius 2 is 1.95 bits per heavy atom. The second-order valence-electron chi connectivity index (χ2n) is 4.78. The average Bonchev–Trinajstić information content (AvgIpc) is 2.46. The molecule has 2 aromatic carbocycles. The van der Waals surface area contributed by atoms with Gasteiger partial charge in [0.15, 0.2) is 0 Å². The van der Waals surface area contributed by atoms with Crippen molar-refractivity contribution in [1.29, 1.82) is 0 Å². The van der Waals surface area contributed by atoms with Crippen molar-refractivity contribution in [2.24, 2.45) is 0 Å². The molecule has 0 heterocycles. The molecule has 0 fully saturated rings. The number of hydrogen-bond donors (Lipinski definition) is 4. The van der Waals surface area contributed by atoms with Gasteiger partial charge in [-0.2, -0.15) is 0 Å². The second kappa shape index (κ2) is 6.62. The molecule has 2 aromatic rings. The number of nitrogens with one attached hydrogen (secondary N) is 2. The van der Waals surface area contributed by atoms with E-state index in [0.29, 0.717) is 22.5 Å². The summed E-state index contributed by atoms with van der Waals surface area (Å²) in [6.45, 7) is 0. The zero-order chi connectivity index (χ0) is 16.1. The van der Waals surface area contributed by atoms with Gasteiger partial charge in [-0.25, -0.2) is 0 Å². The van der Waals surface area contributed by atoms with Crippen LogP contribution in [-0.4, -0.2) is 24.0 Å². The van der Waals surface area contributed by atoms with Gasteiger partial charge in [0.2, 0.25) is 0 Å². The number of carbonyl (C=O) groups excluding carboxylic acids is 1. The maximum absolute atomic E-state index is 12.2. The van der Waals surface area contributed by atoms with E-state index in [2.05, 4.69) is 10.6 Å². The van der Waals surface area contributed by atoms with E-state index in [1.165, 1.54) is 0 Å². The number of carboxylic acids is 1. The maximum Gasteiger partial charge on any atom is 0.307 e. The molecule has 2 rings (SSSR count). The van der Waals surface area contributed by atoms with Crippen LogP contribution in [0.1, 0.15) is 15.9 Å². The van der Waals surface area contributed by atoms with E-state index in [1.54, 1.807) is 49.5 Å². The standard InChI is InChI=1S/C16H17N3O3/c1-18-14-6-5-11(9-13(14)17)16(22)19-12-4-2-3-10(7-12)8-15(20)21/h2-7,9,18H,8,17H2,1H3,(H,19,22)(H,20,21). The lowest BCUT2D eigenvalue weighted by atomic mass is 10.1. The van der Waals surface area contributed by atoms with Crippen LogP contribution in [0.15, 0.2) is 42.5 Å². The number of nitrogens with two attached hydrogens (primary N) is 1. The van der Waals surface area contributed by atoms with Crippen LogP contribution in [0.2, 0.25) is 0 Å². The van der Waals surface area contributed by atoms with Crippen molar-refractivity contribution in [3.05, 3.63) is 53.6 Å². The van der Waals surface area contributed by atoms with Gasteiger partial charge in [0.1, 0.15) is 0 Å². The topological polar surface area (TPSA) is 104 Å². The molecule has 1 amide bonds. The highest BCUT2D eigenvalue weighted by Gasteiger charge is 2.09. The summed E-state index contributed by atoms with van der Waals surface area (Å²) in [5.41, 5.74) is 8.66. The fraction of sp³-hybridized carbons (Fsp3) is 0.125. The Bertz CT molecular complexity index is 714. The third-order valence-electron chi connectivity index (χ3n) is 3.12. The lowest BCUT2D eigenvalue weighted by molar-refractivity contribution is -0.136. The number of rotatable bonds is 5. The summed E-state index contributed by atoms with van der Waals surface area (Å²) in [6.07, 6.45) is -0.0898. The van der Waals surface area contributed by atoms with E-state index in [-0.39, 0.29) is 12.3 Å². The van der Waals surface area contributed by atoms with Gasteiger partial charge in [0, 0.05) is 18.3 Å². The summed E-state index contributed by atoms with van der Waals surface area (Å²) < 4.78 is 0. The maximum atomic E-state index is 12.2. The summed E-state index contributed by atoms with van der Waals surface area (Å²) in [5, 5.41) is 14.4. The van der Waals surface area contributed by atoms with Gasteiger partial charge in [0.25, 0.3) is 5.91 Å². The average molecular weight is 299 g/mol. The molecule has 0 aliphatic carbocycles. The molecule has 6 nitrogen and oxygen atoms in total. The Labute approximate surface area is 128 Å². The van der Waals surface area contributed by atoms with Crippen molar-refractivity contribution in [3.8, 4) is 0 Å². The molecule has 5 N–H and O–H groups in total. The summed E-state index contributed by atoms with van der Waals surface area (Å²) in [6, 6.07) is 11.7. The van der Waals surface area contributed by atoms with Crippen molar-refractivity contribution >= 4 is 28.9 Å². The van der Waals surface area contributed by atoms with Crippen molar-refractivity contribution < 1.29 is 14.7 Å². The number of carboxylic acid groups (broad SMARTS) is 1. The first-order valence-electron chi connectivity index (χ1n) is 6.69. The summed E-state index contributed by atoms with van der Waals surface area (Å²) in [4.78, 5) is 22.9.